The number of rotatable bonds is 4. The molecule has 3 rings (SSSR count). The van der Waals surface area contributed by atoms with Crippen LogP contribution >= 0.6 is 0 Å². The van der Waals surface area contributed by atoms with Crippen LogP contribution in [0.3, 0.4) is 0 Å². The predicted molar refractivity (Wildman–Crippen MR) is 93.8 cm³/mol. The second-order valence-corrected chi connectivity index (χ2v) is 6.63. The van der Waals surface area contributed by atoms with Gasteiger partial charge in [0.2, 0.25) is 0 Å². The second kappa shape index (κ2) is 7.70. The maximum atomic E-state index is 13.5. The Morgan fingerprint density at radius 1 is 1.44 bits per heavy atom. The van der Waals surface area contributed by atoms with Crippen molar-refractivity contribution in [3.8, 4) is 0 Å². The van der Waals surface area contributed by atoms with Crippen molar-refractivity contribution >= 4 is 5.91 Å². The van der Waals surface area contributed by atoms with E-state index in [1.54, 1.807) is 25.3 Å². The number of carbonyl (C=O) groups excluding carboxylic acids is 1. The molecule has 6 heteroatoms. The van der Waals surface area contributed by atoms with Crippen LogP contribution in [0.25, 0.3) is 0 Å². The van der Waals surface area contributed by atoms with Gasteiger partial charge in [-0.1, -0.05) is 12.1 Å². The van der Waals surface area contributed by atoms with Crippen LogP contribution in [-0.4, -0.2) is 46.5 Å². The number of piperidine rings is 1. The molecule has 2 atom stereocenters. The highest BCUT2D eigenvalue weighted by molar-refractivity contribution is 5.95. The number of aromatic nitrogens is 2. The number of nitrogens with one attached hydrogen (secondary N) is 1. The lowest BCUT2D eigenvalue weighted by atomic mass is 9.91. The number of hydrogen-bond acceptors (Lipinski definition) is 4. The van der Waals surface area contributed by atoms with Gasteiger partial charge in [0.25, 0.3) is 5.91 Å². The summed E-state index contributed by atoms with van der Waals surface area (Å²) < 4.78 is 13.5. The molecule has 1 aliphatic rings. The van der Waals surface area contributed by atoms with Gasteiger partial charge in [-0.2, -0.15) is 0 Å². The molecule has 2 heterocycles. The molecule has 0 saturated carbocycles. The number of likely N-dealkylation sites (tertiary alicyclic amines) is 1. The summed E-state index contributed by atoms with van der Waals surface area (Å²) in [5, 5.41) is 3.14. The monoisotopic (exact) mass is 342 g/mol. The summed E-state index contributed by atoms with van der Waals surface area (Å²) in [7, 11) is 2.05. The second-order valence-electron chi connectivity index (χ2n) is 6.63. The lowest BCUT2D eigenvalue weighted by Crippen LogP contribution is -2.55. The van der Waals surface area contributed by atoms with Crippen molar-refractivity contribution in [1.29, 1.82) is 0 Å². The maximum absolute atomic E-state index is 13.5. The Kier molecular flexibility index (Phi) is 5.38. The number of nitrogens with zero attached hydrogens (tertiary/aromatic N) is 3. The fourth-order valence-corrected chi connectivity index (χ4v) is 3.46. The van der Waals surface area contributed by atoms with Crippen LogP contribution in [-0.2, 0) is 6.42 Å². The zero-order chi connectivity index (χ0) is 17.8. The predicted octanol–water partition coefficient (Wildman–Crippen LogP) is 2.36. The third kappa shape index (κ3) is 4.20. The van der Waals surface area contributed by atoms with Crippen molar-refractivity contribution in [1.82, 2.24) is 20.2 Å². The molecule has 0 spiro atoms. The first-order valence-electron chi connectivity index (χ1n) is 8.57. The molecule has 1 fully saturated rings. The number of benzene rings is 1. The number of halogens is 1. The van der Waals surface area contributed by atoms with E-state index in [4.69, 9.17) is 0 Å². The third-order valence-corrected chi connectivity index (χ3v) is 4.86. The van der Waals surface area contributed by atoms with Crippen molar-refractivity contribution < 1.29 is 9.18 Å². The molecule has 1 N–H and O–H groups in total. The van der Waals surface area contributed by atoms with Crippen LogP contribution in [0.15, 0.2) is 36.8 Å². The molecular weight excluding hydrogens is 319 g/mol. The van der Waals surface area contributed by atoms with Crippen molar-refractivity contribution in [2.75, 3.05) is 13.6 Å². The van der Waals surface area contributed by atoms with E-state index in [1.165, 1.54) is 12.4 Å². The van der Waals surface area contributed by atoms with E-state index in [9.17, 15) is 9.18 Å². The minimum Gasteiger partial charge on any atom is -0.348 e. The Balaban J connectivity index is 1.75. The summed E-state index contributed by atoms with van der Waals surface area (Å²) >= 11 is 0. The first-order valence-corrected chi connectivity index (χ1v) is 8.57. The highest BCUT2D eigenvalue weighted by atomic mass is 19.1. The molecule has 132 valence electrons. The van der Waals surface area contributed by atoms with Crippen molar-refractivity contribution in [2.24, 2.45) is 0 Å². The zero-order valence-corrected chi connectivity index (χ0v) is 14.6. The van der Waals surface area contributed by atoms with Crippen molar-refractivity contribution in [2.45, 2.75) is 38.3 Å². The van der Waals surface area contributed by atoms with Crippen LogP contribution < -0.4 is 5.32 Å². The molecule has 1 saturated heterocycles. The topological polar surface area (TPSA) is 58.1 Å². The standard InChI is InChI=1S/C19H23FN4O/c1-13-16(11-21-12-22-13)19(25)23-17-7-4-8-24(2)18(17)10-14-5-3-6-15(20)9-14/h3,5-6,9,11-12,17-18H,4,7-8,10H2,1-2H3,(H,23,25)/t17-,18-/m0/s1. The van der Waals surface area contributed by atoms with E-state index in [0.29, 0.717) is 17.7 Å². The average Bonchev–Trinajstić information content (AvgIpc) is 2.58. The fourth-order valence-electron chi connectivity index (χ4n) is 3.46. The molecule has 0 aliphatic carbocycles. The van der Waals surface area contributed by atoms with Crippen LogP contribution in [0.1, 0.15) is 34.5 Å². The van der Waals surface area contributed by atoms with E-state index >= 15 is 0 Å². The van der Waals surface area contributed by atoms with Crippen LogP contribution in [0.5, 0.6) is 0 Å². The molecule has 1 aromatic heterocycles. The Morgan fingerprint density at radius 2 is 2.28 bits per heavy atom. The summed E-state index contributed by atoms with van der Waals surface area (Å²) in [5.74, 6) is -0.378. The van der Waals surface area contributed by atoms with E-state index in [1.807, 2.05) is 6.07 Å². The Morgan fingerprint density at radius 3 is 3.04 bits per heavy atom. The Hall–Kier alpha value is -2.34. The summed E-state index contributed by atoms with van der Waals surface area (Å²) in [6, 6.07) is 6.81. The zero-order valence-electron chi connectivity index (χ0n) is 14.6. The van der Waals surface area contributed by atoms with Gasteiger partial charge in [0.05, 0.1) is 11.3 Å². The molecule has 1 amide bonds. The SMILES string of the molecule is Cc1ncncc1C(=O)N[C@H]1CCCN(C)[C@H]1Cc1cccc(F)c1. The third-order valence-electron chi connectivity index (χ3n) is 4.86. The van der Waals surface area contributed by atoms with Crippen LogP contribution in [0.4, 0.5) is 4.39 Å². The smallest absolute Gasteiger partial charge is 0.254 e. The largest absolute Gasteiger partial charge is 0.348 e. The Bertz CT molecular complexity index is 752. The summed E-state index contributed by atoms with van der Waals surface area (Å²) in [4.78, 5) is 22.9. The molecule has 0 unspecified atom stereocenters. The molecule has 0 radical (unpaired) electrons. The average molecular weight is 342 g/mol. The van der Waals surface area contributed by atoms with Gasteiger partial charge in [-0.3, -0.25) is 4.79 Å². The molecular formula is C19H23FN4O. The van der Waals surface area contributed by atoms with Gasteiger partial charge < -0.3 is 10.2 Å². The molecule has 25 heavy (non-hydrogen) atoms. The number of amides is 1. The van der Waals surface area contributed by atoms with Gasteiger partial charge in [0.15, 0.2) is 0 Å². The van der Waals surface area contributed by atoms with Crippen LogP contribution in [0.2, 0.25) is 0 Å². The molecule has 5 nitrogen and oxygen atoms in total. The lowest BCUT2D eigenvalue weighted by Gasteiger charge is -2.39. The summed E-state index contributed by atoms with van der Waals surface area (Å²) in [6.07, 6.45) is 5.61. The number of carbonyl (C=O) groups is 1. The van der Waals surface area contributed by atoms with E-state index in [-0.39, 0.29) is 23.8 Å². The first-order chi connectivity index (χ1) is 12.0. The maximum Gasteiger partial charge on any atom is 0.254 e. The summed E-state index contributed by atoms with van der Waals surface area (Å²) in [5.41, 5.74) is 2.11. The Labute approximate surface area is 147 Å². The number of hydrogen-bond donors (Lipinski definition) is 1. The van der Waals surface area contributed by atoms with Gasteiger partial charge >= 0.3 is 0 Å². The van der Waals surface area contributed by atoms with Gasteiger partial charge in [-0.25, -0.2) is 14.4 Å². The fraction of sp³-hybridized carbons (Fsp3) is 0.421. The highest BCUT2D eigenvalue weighted by Crippen LogP contribution is 2.21. The molecule has 1 aromatic carbocycles. The number of aryl methyl sites for hydroxylation is 1. The summed E-state index contributed by atoms with van der Waals surface area (Å²) in [6.45, 7) is 2.77. The molecule has 1 aliphatic heterocycles. The van der Waals surface area contributed by atoms with Gasteiger partial charge in [0.1, 0.15) is 12.1 Å². The molecule has 0 bridgehead atoms. The van der Waals surface area contributed by atoms with Crippen molar-refractivity contribution in [3.05, 3.63) is 59.4 Å². The van der Waals surface area contributed by atoms with Gasteiger partial charge in [-0.05, 0) is 57.5 Å². The van der Waals surface area contributed by atoms with E-state index in [2.05, 4.69) is 27.2 Å². The minimum atomic E-state index is -0.228. The van der Waals surface area contributed by atoms with Crippen LogP contribution in [0, 0.1) is 12.7 Å². The number of likely N-dealkylation sites (N-methyl/N-ethyl adjacent to an activating group) is 1. The first kappa shape index (κ1) is 17.5. The normalized spacial score (nSPS) is 21.1. The van der Waals surface area contributed by atoms with E-state index < -0.39 is 0 Å². The van der Waals surface area contributed by atoms with Crippen molar-refractivity contribution in [3.63, 3.8) is 0 Å². The van der Waals surface area contributed by atoms with E-state index in [0.717, 1.165) is 24.9 Å². The lowest BCUT2D eigenvalue weighted by molar-refractivity contribution is 0.0850. The minimum absolute atomic E-state index is 0.00845. The van der Waals surface area contributed by atoms with Gasteiger partial charge in [-0.15, -0.1) is 0 Å². The highest BCUT2D eigenvalue weighted by Gasteiger charge is 2.31. The van der Waals surface area contributed by atoms with Gasteiger partial charge in [0, 0.05) is 18.3 Å². The quantitative estimate of drug-likeness (QED) is 0.927. The molecule has 2 aromatic rings.